The number of hydrogen-bond acceptors (Lipinski definition) is 4. The third kappa shape index (κ3) is 2.94. The molecular formula is C18H24N2O2. The van der Waals surface area contributed by atoms with Crippen molar-refractivity contribution in [1.29, 1.82) is 0 Å². The predicted octanol–water partition coefficient (Wildman–Crippen LogP) is 2.68. The molecule has 0 unspecified atom stereocenters. The number of aliphatic imine (C=N–C) groups is 1. The zero-order valence-electron chi connectivity index (χ0n) is 13.2. The van der Waals surface area contributed by atoms with E-state index in [0.29, 0.717) is 19.1 Å². The van der Waals surface area contributed by atoms with Gasteiger partial charge in [0.2, 0.25) is 0 Å². The average molecular weight is 300 g/mol. The minimum Gasteiger partial charge on any atom is -0.400 e. The van der Waals surface area contributed by atoms with E-state index in [4.69, 9.17) is 15.2 Å². The van der Waals surface area contributed by atoms with Crippen LogP contribution in [-0.2, 0) is 16.1 Å². The summed E-state index contributed by atoms with van der Waals surface area (Å²) in [5, 5.41) is 0. The maximum absolute atomic E-state index is 6.23. The topological polar surface area (TPSA) is 56.8 Å². The molecule has 0 spiro atoms. The van der Waals surface area contributed by atoms with Crippen LogP contribution in [0.15, 0.2) is 46.6 Å². The van der Waals surface area contributed by atoms with Crippen LogP contribution in [0, 0.1) is 5.92 Å². The van der Waals surface area contributed by atoms with E-state index < -0.39 is 0 Å². The Morgan fingerprint density at radius 2 is 2.09 bits per heavy atom. The highest BCUT2D eigenvalue weighted by molar-refractivity contribution is 5.84. The molecule has 0 amide bonds. The first kappa shape index (κ1) is 15.3. The number of rotatable bonds is 5. The molecule has 0 bridgehead atoms. The van der Waals surface area contributed by atoms with Crippen molar-refractivity contribution >= 4 is 6.21 Å². The Hall–Kier alpha value is -1.65. The van der Waals surface area contributed by atoms with Crippen molar-refractivity contribution in [2.75, 3.05) is 6.54 Å². The van der Waals surface area contributed by atoms with Crippen LogP contribution in [0.2, 0.25) is 0 Å². The number of ether oxygens (including phenoxy) is 2. The van der Waals surface area contributed by atoms with Crippen molar-refractivity contribution < 1.29 is 9.47 Å². The smallest absolute Gasteiger partial charge is 0.113 e. The summed E-state index contributed by atoms with van der Waals surface area (Å²) in [5.41, 5.74) is 9.06. The Morgan fingerprint density at radius 1 is 1.32 bits per heavy atom. The van der Waals surface area contributed by atoms with Crippen LogP contribution in [0.25, 0.3) is 0 Å². The summed E-state index contributed by atoms with van der Waals surface area (Å²) in [7, 11) is 0. The molecule has 2 aliphatic rings. The average Bonchev–Trinajstić information content (AvgIpc) is 3.09. The van der Waals surface area contributed by atoms with Crippen LogP contribution in [0.1, 0.15) is 25.8 Å². The summed E-state index contributed by atoms with van der Waals surface area (Å²) < 4.78 is 12.5. The van der Waals surface area contributed by atoms with Crippen LogP contribution in [0.3, 0.4) is 0 Å². The minimum atomic E-state index is -0.102. The summed E-state index contributed by atoms with van der Waals surface area (Å²) in [5.74, 6) is 0.341. The van der Waals surface area contributed by atoms with Gasteiger partial charge in [-0.1, -0.05) is 44.2 Å². The van der Waals surface area contributed by atoms with Crippen LogP contribution in [0.4, 0.5) is 0 Å². The molecule has 0 radical (unpaired) electrons. The molecule has 2 heterocycles. The predicted molar refractivity (Wildman–Crippen MR) is 87.7 cm³/mol. The van der Waals surface area contributed by atoms with E-state index >= 15 is 0 Å². The van der Waals surface area contributed by atoms with E-state index in [-0.39, 0.29) is 18.3 Å². The van der Waals surface area contributed by atoms with Gasteiger partial charge in [0, 0.05) is 23.4 Å². The second-order valence-corrected chi connectivity index (χ2v) is 6.07. The van der Waals surface area contributed by atoms with E-state index in [0.717, 1.165) is 17.7 Å². The summed E-state index contributed by atoms with van der Waals surface area (Å²) >= 11 is 0. The van der Waals surface area contributed by atoms with Crippen LogP contribution >= 0.6 is 0 Å². The highest BCUT2D eigenvalue weighted by Gasteiger charge is 2.44. The van der Waals surface area contributed by atoms with Gasteiger partial charge in [-0.3, -0.25) is 4.99 Å². The number of benzene rings is 1. The fourth-order valence-electron chi connectivity index (χ4n) is 3.27. The molecule has 2 N–H and O–H groups in total. The lowest BCUT2D eigenvalue weighted by atomic mass is 9.93. The van der Waals surface area contributed by atoms with Crippen molar-refractivity contribution in [2.45, 2.75) is 45.2 Å². The van der Waals surface area contributed by atoms with E-state index in [1.165, 1.54) is 5.56 Å². The third-order valence-corrected chi connectivity index (χ3v) is 4.58. The van der Waals surface area contributed by atoms with Gasteiger partial charge in [-0.2, -0.15) is 0 Å². The highest BCUT2D eigenvalue weighted by Crippen LogP contribution is 2.36. The molecule has 4 heteroatoms. The first-order valence-corrected chi connectivity index (χ1v) is 8.00. The van der Waals surface area contributed by atoms with Crippen LogP contribution in [0.5, 0.6) is 0 Å². The Kier molecular flexibility index (Phi) is 4.60. The Bertz CT molecular complexity index is 568. The molecule has 1 aromatic rings. The number of nitrogens with two attached hydrogens (primary N) is 1. The van der Waals surface area contributed by atoms with Gasteiger partial charge in [0.1, 0.15) is 6.10 Å². The standard InChI is InChI=1S/C18H24N2O2/c1-3-16-12(2)17(21-11-13-7-5-4-6-8-13)18(22-16)14-9-20-10-15(14)19/h4-9,12,16-18H,3,10-11,19H2,1-2H3/t12-,16-,17-,18+/m1/s1. The van der Waals surface area contributed by atoms with Crippen molar-refractivity contribution in [2.24, 2.45) is 16.6 Å². The first-order chi connectivity index (χ1) is 10.7. The van der Waals surface area contributed by atoms with E-state index in [2.05, 4.69) is 31.0 Å². The molecule has 4 atom stereocenters. The Labute approximate surface area is 132 Å². The molecular weight excluding hydrogens is 276 g/mol. The fourth-order valence-corrected chi connectivity index (χ4v) is 3.27. The third-order valence-electron chi connectivity index (χ3n) is 4.58. The zero-order chi connectivity index (χ0) is 15.5. The molecule has 0 aliphatic carbocycles. The zero-order valence-corrected chi connectivity index (χ0v) is 13.2. The van der Waals surface area contributed by atoms with Gasteiger partial charge in [-0.15, -0.1) is 0 Å². The minimum absolute atomic E-state index is 0.0169. The normalized spacial score (nSPS) is 31.2. The van der Waals surface area contributed by atoms with Gasteiger partial charge in [-0.25, -0.2) is 0 Å². The summed E-state index contributed by atoms with van der Waals surface area (Å²) in [6, 6.07) is 10.2. The molecule has 1 saturated heterocycles. The van der Waals surface area contributed by atoms with Gasteiger partial charge in [-0.05, 0) is 12.0 Å². The number of hydrogen-bond donors (Lipinski definition) is 1. The van der Waals surface area contributed by atoms with Crippen molar-refractivity contribution in [3.05, 3.63) is 47.2 Å². The second-order valence-electron chi connectivity index (χ2n) is 6.07. The molecule has 1 aromatic carbocycles. The maximum Gasteiger partial charge on any atom is 0.113 e. The fraction of sp³-hybridized carbons (Fsp3) is 0.500. The maximum atomic E-state index is 6.23. The molecule has 0 aromatic heterocycles. The first-order valence-electron chi connectivity index (χ1n) is 8.00. The quantitative estimate of drug-likeness (QED) is 0.909. The van der Waals surface area contributed by atoms with E-state index in [9.17, 15) is 0 Å². The lowest BCUT2D eigenvalue weighted by molar-refractivity contribution is -0.0136. The molecule has 2 aliphatic heterocycles. The summed E-state index contributed by atoms with van der Waals surface area (Å²) in [6.45, 7) is 5.52. The Morgan fingerprint density at radius 3 is 2.73 bits per heavy atom. The molecule has 22 heavy (non-hydrogen) atoms. The SMILES string of the molecule is CC[C@H]1O[C@@H](C2=C(N)CN=C2)[C@H](OCc2ccccc2)[C@@H]1C. The summed E-state index contributed by atoms with van der Waals surface area (Å²) in [4.78, 5) is 4.26. The van der Waals surface area contributed by atoms with Crippen molar-refractivity contribution in [3.63, 3.8) is 0 Å². The van der Waals surface area contributed by atoms with Gasteiger partial charge in [0.15, 0.2) is 0 Å². The number of nitrogens with zero attached hydrogens (tertiary/aromatic N) is 1. The molecule has 1 fully saturated rings. The lowest BCUT2D eigenvalue weighted by Crippen LogP contribution is -2.32. The van der Waals surface area contributed by atoms with Crippen LogP contribution in [-0.4, -0.2) is 31.1 Å². The highest BCUT2D eigenvalue weighted by atomic mass is 16.6. The molecule has 0 saturated carbocycles. The molecule has 3 rings (SSSR count). The van der Waals surface area contributed by atoms with Crippen molar-refractivity contribution in [3.8, 4) is 0 Å². The molecule has 4 nitrogen and oxygen atoms in total. The van der Waals surface area contributed by atoms with E-state index in [1.807, 2.05) is 24.4 Å². The van der Waals surface area contributed by atoms with Gasteiger partial charge in [0.05, 0.1) is 25.4 Å². The Balaban J connectivity index is 1.76. The van der Waals surface area contributed by atoms with Gasteiger partial charge < -0.3 is 15.2 Å². The van der Waals surface area contributed by atoms with E-state index in [1.54, 1.807) is 0 Å². The van der Waals surface area contributed by atoms with Gasteiger partial charge in [0.25, 0.3) is 0 Å². The van der Waals surface area contributed by atoms with Gasteiger partial charge >= 0.3 is 0 Å². The second kappa shape index (κ2) is 6.63. The lowest BCUT2D eigenvalue weighted by Gasteiger charge is -2.22. The summed E-state index contributed by atoms with van der Waals surface area (Å²) in [6.07, 6.45) is 2.95. The van der Waals surface area contributed by atoms with Crippen molar-refractivity contribution in [1.82, 2.24) is 0 Å². The largest absolute Gasteiger partial charge is 0.400 e. The molecule has 118 valence electrons. The monoisotopic (exact) mass is 300 g/mol. The van der Waals surface area contributed by atoms with Crippen LogP contribution < -0.4 is 5.73 Å².